The third-order valence-corrected chi connectivity index (χ3v) is 5.59. The molecule has 1 fully saturated rings. The molecule has 0 spiro atoms. The van der Waals surface area contributed by atoms with E-state index in [0.29, 0.717) is 24.5 Å². The molecule has 2 atom stereocenters. The number of carbonyl (C=O) groups excluding carboxylic acids is 2. The molecule has 0 bridgehead atoms. The van der Waals surface area contributed by atoms with Crippen LogP contribution < -0.4 is 15.4 Å². The first kappa shape index (κ1) is 22.9. The van der Waals surface area contributed by atoms with Gasteiger partial charge in [0.2, 0.25) is 5.91 Å². The van der Waals surface area contributed by atoms with Crippen molar-refractivity contribution in [3.05, 3.63) is 54.0 Å². The van der Waals surface area contributed by atoms with Crippen molar-refractivity contribution >= 4 is 11.8 Å². The maximum absolute atomic E-state index is 13.0. The van der Waals surface area contributed by atoms with Gasteiger partial charge < -0.3 is 19.8 Å². The maximum atomic E-state index is 13.0. The molecule has 0 unspecified atom stereocenters. The Morgan fingerprint density at radius 1 is 1.13 bits per heavy atom. The van der Waals surface area contributed by atoms with E-state index in [1.54, 1.807) is 30.5 Å². The van der Waals surface area contributed by atoms with E-state index in [0.717, 1.165) is 31.7 Å². The number of rotatable bonds is 10. The summed E-state index contributed by atoms with van der Waals surface area (Å²) in [6.45, 7) is 8.74. The smallest absolute Gasteiger partial charge is 0.251 e. The highest BCUT2D eigenvalue weighted by Crippen LogP contribution is 2.25. The second-order valence-electron chi connectivity index (χ2n) is 8.17. The lowest BCUT2D eigenvalue weighted by Crippen LogP contribution is -2.51. The summed E-state index contributed by atoms with van der Waals surface area (Å²) in [7, 11) is 0. The molecule has 1 aliphatic rings. The number of amides is 2. The molecule has 1 aromatic carbocycles. The molecule has 1 aliphatic heterocycles. The van der Waals surface area contributed by atoms with Crippen LogP contribution in [0.15, 0.2) is 47.1 Å². The lowest BCUT2D eigenvalue weighted by atomic mass is 10.0. The highest BCUT2D eigenvalue weighted by Gasteiger charge is 2.29. The minimum atomic E-state index is -0.630. The van der Waals surface area contributed by atoms with Crippen LogP contribution in [0.4, 0.5) is 0 Å². The van der Waals surface area contributed by atoms with Crippen molar-refractivity contribution in [2.24, 2.45) is 5.92 Å². The molecule has 2 N–H and O–H groups in total. The third-order valence-electron chi connectivity index (χ3n) is 5.59. The zero-order valence-corrected chi connectivity index (χ0v) is 18.6. The molecular formula is C24H33N3O4. The number of furan rings is 1. The van der Waals surface area contributed by atoms with Gasteiger partial charge in [0.25, 0.3) is 5.91 Å². The van der Waals surface area contributed by atoms with Crippen molar-refractivity contribution in [2.45, 2.75) is 45.7 Å². The fraction of sp³-hybridized carbons (Fsp3) is 0.500. The summed E-state index contributed by atoms with van der Waals surface area (Å²) < 4.78 is 11.0. The van der Waals surface area contributed by atoms with Gasteiger partial charge in [-0.3, -0.25) is 14.5 Å². The van der Waals surface area contributed by atoms with E-state index < -0.39 is 6.04 Å². The summed E-state index contributed by atoms with van der Waals surface area (Å²) in [6, 6.07) is 10.1. The molecule has 1 aromatic heterocycles. The Morgan fingerprint density at radius 2 is 1.84 bits per heavy atom. The summed E-state index contributed by atoms with van der Waals surface area (Å²) in [4.78, 5) is 28.0. The Hall–Kier alpha value is -2.80. The van der Waals surface area contributed by atoms with Crippen LogP contribution >= 0.6 is 0 Å². The number of hydrogen-bond donors (Lipinski definition) is 2. The zero-order valence-electron chi connectivity index (χ0n) is 18.6. The molecule has 168 valence electrons. The molecule has 7 heteroatoms. The quantitative estimate of drug-likeness (QED) is 0.607. The Labute approximate surface area is 184 Å². The monoisotopic (exact) mass is 427 g/mol. The van der Waals surface area contributed by atoms with Crippen LogP contribution in [0.3, 0.4) is 0 Å². The van der Waals surface area contributed by atoms with Crippen molar-refractivity contribution < 1.29 is 18.7 Å². The van der Waals surface area contributed by atoms with Crippen LogP contribution in [0, 0.1) is 5.92 Å². The average Bonchev–Trinajstić information content (AvgIpc) is 3.47. The van der Waals surface area contributed by atoms with Crippen molar-refractivity contribution in [2.75, 3.05) is 26.2 Å². The largest absolute Gasteiger partial charge is 0.494 e. The van der Waals surface area contributed by atoms with Gasteiger partial charge in [-0.05, 0) is 75.2 Å². The van der Waals surface area contributed by atoms with Gasteiger partial charge in [0.15, 0.2) is 0 Å². The SMILES string of the molecule is CCOc1ccc(C(=O)N[C@@H](C(=O)NC[C@@H](c2ccco2)N2CCCC2)C(C)C)cc1. The number of hydrogen-bond acceptors (Lipinski definition) is 5. The minimum Gasteiger partial charge on any atom is -0.494 e. The van der Waals surface area contributed by atoms with Crippen molar-refractivity contribution in [1.82, 2.24) is 15.5 Å². The van der Waals surface area contributed by atoms with E-state index in [4.69, 9.17) is 9.15 Å². The molecule has 1 saturated heterocycles. The first-order valence-electron chi connectivity index (χ1n) is 11.1. The van der Waals surface area contributed by atoms with Gasteiger partial charge in [0.05, 0.1) is 18.9 Å². The highest BCUT2D eigenvalue weighted by atomic mass is 16.5. The molecule has 2 amide bonds. The summed E-state index contributed by atoms with van der Waals surface area (Å²) in [5, 5.41) is 5.92. The molecule has 2 heterocycles. The van der Waals surface area contributed by atoms with Gasteiger partial charge in [0.1, 0.15) is 17.6 Å². The first-order chi connectivity index (χ1) is 15.0. The Morgan fingerprint density at radius 3 is 2.42 bits per heavy atom. The zero-order chi connectivity index (χ0) is 22.2. The van der Waals surface area contributed by atoms with Crippen LogP contribution in [0.5, 0.6) is 5.75 Å². The number of benzene rings is 1. The molecule has 31 heavy (non-hydrogen) atoms. The number of nitrogens with one attached hydrogen (secondary N) is 2. The fourth-order valence-corrected chi connectivity index (χ4v) is 3.88. The summed E-state index contributed by atoms with van der Waals surface area (Å²) in [5.74, 6) is 1.04. The molecule has 0 radical (unpaired) electrons. The van der Waals surface area contributed by atoms with E-state index in [1.165, 1.54) is 0 Å². The normalized spacial score (nSPS) is 16.1. The van der Waals surface area contributed by atoms with Crippen LogP contribution in [0.25, 0.3) is 0 Å². The molecule has 3 rings (SSSR count). The van der Waals surface area contributed by atoms with E-state index in [1.807, 2.05) is 32.9 Å². The van der Waals surface area contributed by atoms with Gasteiger partial charge in [0, 0.05) is 12.1 Å². The van der Waals surface area contributed by atoms with E-state index in [-0.39, 0.29) is 23.8 Å². The Balaban J connectivity index is 1.62. The molecule has 0 saturated carbocycles. The average molecular weight is 428 g/mol. The van der Waals surface area contributed by atoms with E-state index in [2.05, 4.69) is 15.5 Å². The molecule has 7 nitrogen and oxygen atoms in total. The number of likely N-dealkylation sites (tertiary alicyclic amines) is 1. The van der Waals surface area contributed by atoms with Gasteiger partial charge in [-0.2, -0.15) is 0 Å². The standard InChI is InChI=1S/C24H33N3O4/c1-4-30-19-11-9-18(10-12-19)23(28)26-22(17(2)3)24(29)25-16-20(21-8-7-15-31-21)27-13-5-6-14-27/h7-12,15,17,20,22H,4-6,13-14,16H2,1-3H3,(H,25,29)(H,26,28)/t20-,22+/m0/s1. The van der Waals surface area contributed by atoms with Crippen molar-refractivity contribution in [3.8, 4) is 5.75 Å². The number of nitrogens with zero attached hydrogens (tertiary/aromatic N) is 1. The van der Waals surface area contributed by atoms with E-state index in [9.17, 15) is 9.59 Å². The Bertz CT molecular complexity index is 827. The van der Waals surface area contributed by atoms with Crippen LogP contribution in [0.2, 0.25) is 0 Å². The second-order valence-corrected chi connectivity index (χ2v) is 8.17. The summed E-state index contributed by atoms with van der Waals surface area (Å²) >= 11 is 0. The number of ether oxygens (including phenoxy) is 1. The van der Waals surface area contributed by atoms with Crippen molar-refractivity contribution in [1.29, 1.82) is 0 Å². The first-order valence-corrected chi connectivity index (χ1v) is 11.1. The van der Waals surface area contributed by atoms with Gasteiger partial charge in [-0.1, -0.05) is 13.8 Å². The van der Waals surface area contributed by atoms with Crippen molar-refractivity contribution in [3.63, 3.8) is 0 Å². The predicted octanol–water partition coefficient (Wildman–Crippen LogP) is 3.39. The van der Waals surface area contributed by atoms with Crippen LogP contribution in [0.1, 0.15) is 55.8 Å². The topological polar surface area (TPSA) is 83.8 Å². The highest BCUT2D eigenvalue weighted by molar-refractivity contribution is 5.97. The third kappa shape index (κ3) is 6.10. The van der Waals surface area contributed by atoms with Crippen LogP contribution in [-0.2, 0) is 4.79 Å². The lowest BCUT2D eigenvalue weighted by molar-refractivity contribution is -0.124. The maximum Gasteiger partial charge on any atom is 0.251 e. The van der Waals surface area contributed by atoms with Gasteiger partial charge in [-0.15, -0.1) is 0 Å². The van der Waals surface area contributed by atoms with Gasteiger partial charge in [-0.25, -0.2) is 0 Å². The second kappa shape index (κ2) is 11.0. The summed E-state index contributed by atoms with van der Waals surface area (Å²) in [6.07, 6.45) is 3.96. The molecule has 0 aliphatic carbocycles. The fourth-order valence-electron chi connectivity index (χ4n) is 3.88. The lowest BCUT2D eigenvalue weighted by Gasteiger charge is -2.28. The Kier molecular flexibility index (Phi) is 8.12. The summed E-state index contributed by atoms with van der Waals surface area (Å²) in [5.41, 5.74) is 0.493. The number of carbonyl (C=O) groups is 2. The predicted molar refractivity (Wildman–Crippen MR) is 119 cm³/mol. The van der Waals surface area contributed by atoms with Gasteiger partial charge >= 0.3 is 0 Å². The molecular weight excluding hydrogens is 394 g/mol. The minimum absolute atomic E-state index is 0.00364. The van der Waals surface area contributed by atoms with Crippen LogP contribution in [-0.4, -0.2) is 49.0 Å². The molecule has 2 aromatic rings. The van der Waals surface area contributed by atoms with E-state index >= 15 is 0 Å².